The van der Waals surface area contributed by atoms with Gasteiger partial charge in [0.1, 0.15) is 0 Å². The molecule has 1 rings (SSSR count). The van der Waals surface area contributed by atoms with E-state index in [1.54, 1.807) is 0 Å². The Kier molecular flexibility index (Phi) is 4.74. The molecular weight excluding hydrogens is 160 g/mol. The van der Waals surface area contributed by atoms with Crippen molar-refractivity contribution in [1.29, 1.82) is 0 Å². The highest BCUT2D eigenvalue weighted by Crippen LogP contribution is 2.29. The Balaban J connectivity index is 2.41. The molecule has 1 unspecified atom stereocenters. The van der Waals surface area contributed by atoms with E-state index in [0.717, 1.165) is 24.9 Å². The van der Waals surface area contributed by atoms with Gasteiger partial charge < -0.3 is 10.6 Å². The van der Waals surface area contributed by atoms with E-state index in [-0.39, 0.29) is 0 Å². The molecule has 0 spiro atoms. The van der Waals surface area contributed by atoms with Crippen molar-refractivity contribution >= 4 is 0 Å². The Morgan fingerprint density at radius 2 is 1.85 bits per heavy atom. The number of nitrogens with zero attached hydrogens (tertiary/aromatic N) is 1. The minimum absolute atomic E-state index is 0.727. The van der Waals surface area contributed by atoms with E-state index in [1.807, 2.05) is 0 Å². The summed E-state index contributed by atoms with van der Waals surface area (Å²) in [6.45, 7) is 0.833. The molecule has 1 aliphatic carbocycles. The highest BCUT2D eigenvalue weighted by molar-refractivity contribution is 4.79. The summed E-state index contributed by atoms with van der Waals surface area (Å²) in [7, 11) is 4.38. The molecule has 1 aliphatic rings. The quantitative estimate of drug-likeness (QED) is 0.722. The van der Waals surface area contributed by atoms with Gasteiger partial charge in [0.05, 0.1) is 0 Å². The Bertz CT molecular complexity index is 128. The van der Waals surface area contributed by atoms with Crippen molar-refractivity contribution < 1.29 is 0 Å². The van der Waals surface area contributed by atoms with Crippen molar-refractivity contribution in [2.45, 2.75) is 44.6 Å². The van der Waals surface area contributed by atoms with Gasteiger partial charge in [-0.15, -0.1) is 0 Å². The van der Waals surface area contributed by atoms with Gasteiger partial charge in [0, 0.05) is 6.04 Å². The van der Waals surface area contributed by atoms with Crippen LogP contribution in [0.4, 0.5) is 0 Å². The summed E-state index contributed by atoms with van der Waals surface area (Å²) in [4.78, 5) is 2.36. The maximum absolute atomic E-state index is 5.65. The van der Waals surface area contributed by atoms with Crippen LogP contribution in [0, 0.1) is 5.92 Å². The van der Waals surface area contributed by atoms with Crippen LogP contribution in [-0.4, -0.2) is 31.6 Å². The summed E-state index contributed by atoms with van der Waals surface area (Å²) in [5, 5.41) is 0. The lowest BCUT2D eigenvalue weighted by molar-refractivity contribution is 0.162. The Morgan fingerprint density at radius 3 is 2.31 bits per heavy atom. The lowest BCUT2D eigenvalue weighted by Gasteiger charge is -2.34. The van der Waals surface area contributed by atoms with Gasteiger partial charge in [0.25, 0.3) is 0 Å². The van der Waals surface area contributed by atoms with Gasteiger partial charge in [-0.25, -0.2) is 0 Å². The molecule has 0 heterocycles. The summed E-state index contributed by atoms with van der Waals surface area (Å²) in [6, 6.07) is 0.727. The summed E-state index contributed by atoms with van der Waals surface area (Å²) in [5.74, 6) is 0.910. The largest absolute Gasteiger partial charge is 0.330 e. The van der Waals surface area contributed by atoms with Crippen LogP contribution in [0.1, 0.15) is 38.5 Å². The fourth-order valence-electron chi connectivity index (χ4n) is 2.61. The topological polar surface area (TPSA) is 29.3 Å². The van der Waals surface area contributed by atoms with Gasteiger partial charge >= 0.3 is 0 Å². The summed E-state index contributed by atoms with van der Waals surface area (Å²) < 4.78 is 0. The van der Waals surface area contributed by atoms with E-state index < -0.39 is 0 Å². The zero-order valence-corrected chi connectivity index (χ0v) is 9.13. The monoisotopic (exact) mass is 184 g/mol. The second-order valence-electron chi connectivity index (χ2n) is 4.51. The molecule has 1 fully saturated rings. The van der Waals surface area contributed by atoms with Crippen LogP contribution < -0.4 is 5.73 Å². The fourth-order valence-corrected chi connectivity index (χ4v) is 2.61. The average molecular weight is 184 g/mol. The molecule has 0 amide bonds. The van der Waals surface area contributed by atoms with E-state index in [1.165, 1.54) is 32.1 Å². The molecule has 13 heavy (non-hydrogen) atoms. The third kappa shape index (κ3) is 3.28. The number of rotatable bonds is 4. The first-order chi connectivity index (χ1) is 6.25. The second kappa shape index (κ2) is 5.61. The average Bonchev–Trinajstić information content (AvgIpc) is 2.15. The predicted molar refractivity (Wildman–Crippen MR) is 57.7 cm³/mol. The summed E-state index contributed by atoms with van der Waals surface area (Å²) >= 11 is 0. The van der Waals surface area contributed by atoms with Crippen LogP contribution in [0.3, 0.4) is 0 Å². The highest BCUT2D eigenvalue weighted by atomic mass is 15.1. The molecule has 2 heteroatoms. The van der Waals surface area contributed by atoms with Crippen molar-refractivity contribution in [3.05, 3.63) is 0 Å². The molecule has 78 valence electrons. The third-order valence-corrected chi connectivity index (χ3v) is 3.32. The van der Waals surface area contributed by atoms with Gasteiger partial charge in [-0.2, -0.15) is 0 Å². The number of hydrogen-bond acceptors (Lipinski definition) is 2. The smallest absolute Gasteiger partial charge is 0.0129 e. The van der Waals surface area contributed by atoms with Crippen LogP contribution in [0.25, 0.3) is 0 Å². The first kappa shape index (κ1) is 11.0. The SMILES string of the molecule is CN(C)C(CCN)C1CCCCC1. The zero-order valence-electron chi connectivity index (χ0n) is 9.13. The lowest BCUT2D eigenvalue weighted by Crippen LogP contribution is -2.37. The van der Waals surface area contributed by atoms with Gasteiger partial charge in [0.15, 0.2) is 0 Å². The molecule has 0 radical (unpaired) electrons. The first-order valence-corrected chi connectivity index (χ1v) is 5.62. The van der Waals surface area contributed by atoms with E-state index in [0.29, 0.717) is 0 Å². The molecule has 2 N–H and O–H groups in total. The standard InChI is InChI=1S/C11H24N2/c1-13(2)11(8-9-12)10-6-4-3-5-7-10/h10-11H,3-9,12H2,1-2H3. The molecule has 0 aliphatic heterocycles. The molecule has 0 saturated heterocycles. The van der Waals surface area contributed by atoms with Crippen molar-refractivity contribution in [3.63, 3.8) is 0 Å². The van der Waals surface area contributed by atoms with Crippen LogP contribution in [-0.2, 0) is 0 Å². The Labute approximate surface area is 82.5 Å². The summed E-state index contributed by atoms with van der Waals surface area (Å²) in [6.07, 6.45) is 8.31. The van der Waals surface area contributed by atoms with Crippen molar-refractivity contribution in [2.75, 3.05) is 20.6 Å². The number of hydrogen-bond donors (Lipinski definition) is 1. The van der Waals surface area contributed by atoms with Gasteiger partial charge in [0.2, 0.25) is 0 Å². The number of nitrogens with two attached hydrogens (primary N) is 1. The molecular formula is C11H24N2. The molecule has 0 bridgehead atoms. The lowest BCUT2D eigenvalue weighted by atomic mass is 9.82. The van der Waals surface area contributed by atoms with Crippen LogP contribution in [0.5, 0.6) is 0 Å². The maximum Gasteiger partial charge on any atom is 0.0129 e. The first-order valence-electron chi connectivity index (χ1n) is 5.62. The zero-order chi connectivity index (χ0) is 9.68. The van der Waals surface area contributed by atoms with Gasteiger partial charge in [-0.3, -0.25) is 0 Å². The highest BCUT2D eigenvalue weighted by Gasteiger charge is 2.24. The summed E-state index contributed by atoms with van der Waals surface area (Å²) in [5.41, 5.74) is 5.65. The second-order valence-corrected chi connectivity index (χ2v) is 4.51. The van der Waals surface area contributed by atoms with E-state index in [2.05, 4.69) is 19.0 Å². The van der Waals surface area contributed by atoms with Crippen molar-refractivity contribution in [3.8, 4) is 0 Å². The maximum atomic E-state index is 5.65. The third-order valence-electron chi connectivity index (χ3n) is 3.32. The minimum atomic E-state index is 0.727. The van der Waals surface area contributed by atoms with Crippen LogP contribution >= 0.6 is 0 Å². The molecule has 0 aromatic heterocycles. The van der Waals surface area contributed by atoms with E-state index in [9.17, 15) is 0 Å². The predicted octanol–water partition coefficient (Wildman–Crippen LogP) is 1.85. The van der Waals surface area contributed by atoms with Crippen molar-refractivity contribution in [1.82, 2.24) is 4.90 Å². The van der Waals surface area contributed by atoms with Crippen LogP contribution in [0.15, 0.2) is 0 Å². The van der Waals surface area contributed by atoms with Crippen molar-refractivity contribution in [2.24, 2.45) is 11.7 Å². The van der Waals surface area contributed by atoms with Crippen LogP contribution in [0.2, 0.25) is 0 Å². The molecule has 0 aromatic carbocycles. The molecule has 1 atom stereocenters. The molecule has 0 aromatic rings. The van der Waals surface area contributed by atoms with Gasteiger partial charge in [-0.05, 0) is 45.8 Å². The normalized spacial score (nSPS) is 22.2. The fraction of sp³-hybridized carbons (Fsp3) is 1.00. The molecule has 2 nitrogen and oxygen atoms in total. The molecule has 1 saturated carbocycles. The van der Waals surface area contributed by atoms with E-state index in [4.69, 9.17) is 5.73 Å². The minimum Gasteiger partial charge on any atom is -0.330 e. The Morgan fingerprint density at radius 1 is 1.23 bits per heavy atom. The Hall–Kier alpha value is -0.0800. The van der Waals surface area contributed by atoms with E-state index >= 15 is 0 Å². The van der Waals surface area contributed by atoms with Gasteiger partial charge in [-0.1, -0.05) is 19.3 Å².